The summed E-state index contributed by atoms with van der Waals surface area (Å²) >= 11 is 7.86. The summed E-state index contributed by atoms with van der Waals surface area (Å²) in [6.45, 7) is 0. The minimum absolute atomic E-state index is 0.0712. The van der Waals surface area contributed by atoms with Gasteiger partial charge in [-0.15, -0.1) is 11.8 Å². The number of rotatable bonds is 3. The van der Waals surface area contributed by atoms with Crippen molar-refractivity contribution in [3.63, 3.8) is 0 Å². The molecule has 0 aliphatic heterocycles. The molecule has 1 aromatic heterocycles. The smallest absolute Gasteiger partial charge is 0.262 e. The average molecular weight is 317 g/mol. The standard InChI is InChI=1S/C16H13ClN2OS/c1-19-10-18-13-8-7-12(17)15(14(13)16(19)20)21-9-11-5-3-2-4-6-11/h2-8,10H,9H2,1H3. The number of fused-ring (bicyclic) bond motifs is 1. The average Bonchev–Trinajstić information content (AvgIpc) is 2.51. The molecule has 0 spiro atoms. The summed E-state index contributed by atoms with van der Waals surface area (Å²) in [5, 5.41) is 1.18. The van der Waals surface area contributed by atoms with Gasteiger partial charge in [0.1, 0.15) is 0 Å². The summed E-state index contributed by atoms with van der Waals surface area (Å²) in [6.07, 6.45) is 1.53. The quantitative estimate of drug-likeness (QED) is 0.688. The molecule has 0 unspecified atom stereocenters. The van der Waals surface area contributed by atoms with Gasteiger partial charge in [0, 0.05) is 17.7 Å². The highest BCUT2D eigenvalue weighted by Gasteiger charge is 2.12. The summed E-state index contributed by atoms with van der Waals surface area (Å²) in [5.41, 5.74) is 1.80. The van der Waals surface area contributed by atoms with Crippen molar-refractivity contribution in [1.82, 2.24) is 9.55 Å². The third-order valence-electron chi connectivity index (χ3n) is 3.22. The molecule has 0 saturated carbocycles. The number of thioether (sulfide) groups is 1. The minimum atomic E-state index is -0.0712. The number of aromatic nitrogens is 2. The molecule has 106 valence electrons. The summed E-state index contributed by atoms with van der Waals surface area (Å²) in [5.74, 6) is 0.762. The van der Waals surface area contributed by atoms with Gasteiger partial charge in [0.25, 0.3) is 5.56 Å². The minimum Gasteiger partial charge on any atom is -0.302 e. The second-order valence-electron chi connectivity index (χ2n) is 4.71. The topological polar surface area (TPSA) is 34.9 Å². The Balaban J connectivity index is 2.07. The summed E-state index contributed by atoms with van der Waals surface area (Å²) in [4.78, 5) is 17.5. The van der Waals surface area contributed by atoms with E-state index in [4.69, 9.17) is 11.6 Å². The maximum Gasteiger partial charge on any atom is 0.262 e. The monoisotopic (exact) mass is 316 g/mol. The van der Waals surface area contributed by atoms with Crippen LogP contribution in [0.25, 0.3) is 10.9 Å². The Bertz CT molecular complexity index is 841. The lowest BCUT2D eigenvalue weighted by molar-refractivity contribution is 0.840. The van der Waals surface area contributed by atoms with Gasteiger partial charge in [0.2, 0.25) is 0 Å². The van der Waals surface area contributed by atoms with E-state index < -0.39 is 0 Å². The zero-order valence-electron chi connectivity index (χ0n) is 11.4. The molecule has 0 N–H and O–H groups in total. The molecule has 0 bridgehead atoms. The fraction of sp³-hybridized carbons (Fsp3) is 0.125. The van der Waals surface area contributed by atoms with Gasteiger partial charge in [-0.3, -0.25) is 4.79 Å². The second kappa shape index (κ2) is 5.92. The molecule has 0 radical (unpaired) electrons. The van der Waals surface area contributed by atoms with Gasteiger partial charge < -0.3 is 4.57 Å². The van der Waals surface area contributed by atoms with E-state index in [0.717, 1.165) is 10.6 Å². The zero-order chi connectivity index (χ0) is 14.8. The highest BCUT2D eigenvalue weighted by molar-refractivity contribution is 7.98. The molecule has 3 nitrogen and oxygen atoms in total. The Hall–Kier alpha value is -1.78. The molecule has 0 aliphatic rings. The van der Waals surface area contributed by atoms with Crippen LogP contribution in [-0.2, 0) is 12.8 Å². The van der Waals surface area contributed by atoms with Gasteiger partial charge in [-0.25, -0.2) is 4.98 Å². The van der Waals surface area contributed by atoms with Crippen molar-refractivity contribution < 1.29 is 0 Å². The molecular weight excluding hydrogens is 304 g/mol. The van der Waals surface area contributed by atoms with E-state index in [-0.39, 0.29) is 5.56 Å². The van der Waals surface area contributed by atoms with E-state index in [1.54, 1.807) is 30.9 Å². The van der Waals surface area contributed by atoms with E-state index in [1.165, 1.54) is 16.5 Å². The predicted molar refractivity (Wildman–Crippen MR) is 88.0 cm³/mol. The number of aryl methyl sites for hydroxylation is 1. The predicted octanol–water partition coefficient (Wildman–Crippen LogP) is 3.88. The van der Waals surface area contributed by atoms with E-state index in [2.05, 4.69) is 17.1 Å². The Morgan fingerprint density at radius 1 is 1.19 bits per heavy atom. The summed E-state index contributed by atoms with van der Waals surface area (Å²) in [6, 6.07) is 13.7. The molecule has 3 rings (SSSR count). The molecule has 0 saturated heterocycles. The zero-order valence-corrected chi connectivity index (χ0v) is 13.0. The lowest BCUT2D eigenvalue weighted by Crippen LogP contribution is -2.17. The van der Waals surface area contributed by atoms with Crippen molar-refractivity contribution in [2.24, 2.45) is 7.05 Å². The van der Waals surface area contributed by atoms with E-state index in [9.17, 15) is 4.79 Å². The molecular formula is C16H13ClN2OS. The van der Waals surface area contributed by atoms with Crippen LogP contribution in [-0.4, -0.2) is 9.55 Å². The summed E-state index contributed by atoms with van der Waals surface area (Å²) in [7, 11) is 1.70. The van der Waals surface area contributed by atoms with Crippen LogP contribution < -0.4 is 5.56 Å². The fourth-order valence-corrected chi connectivity index (χ4v) is 3.48. The lowest BCUT2D eigenvalue weighted by atomic mass is 10.2. The van der Waals surface area contributed by atoms with Crippen molar-refractivity contribution in [3.05, 3.63) is 69.7 Å². The number of benzene rings is 2. The molecule has 1 heterocycles. The number of hydrogen-bond acceptors (Lipinski definition) is 3. The Kier molecular flexibility index (Phi) is 3.99. The maximum atomic E-state index is 12.4. The number of hydrogen-bond donors (Lipinski definition) is 0. The van der Waals surface area contributed by atoms with Gasteiger partial charge >= 0.3 is 0 Å². The first kappa shape index (κ1) is 14.2. The van der Waals surface area contributed by atoms with Crippen LogP contribution in [0, 0.1) is 0 Å². The third-order valence-corrected chi connectivity index (χ3v) is 4.84. The first-order chi connectivity index (χ1) is 10.2. The van der Waals surface area contributed by atoms with E-state index >= 15 is 0 Å². The first-order valence-electron chi connectivity index (χ1n) is 6.47. The second-order valence-corrected chi connectivity index (χ2v) is 6.10. The molecule has 21 heavy (non-hydrogen) atoms. The van der Waals surface area contributed by atoms with Crippen molar-refractivity contribution in [1.29, 1.82) is 0 Å². The highest BCUT2D eigenvalue weighted by atomic mass is 35.5. The number of nitrogens with zero attached hydrogens (tertiary/aromatic N) is 2. The molecule has 5 heteroatoms. The van der Waals surface area contributed by atoms with Crippen LogP contribution >= 0.6 is 23.4 Å². The third kappa shape index (κ3) is 2.82. The molecule has 0 aliphatic carbocycles. The maximum absolute atomic E-state index is 12.4. The lowest BCUT2D eigenvalue weighted by Gasteiger charge is -2.09. The highest BCUT2D eigenvalue weighted by Crippen LogP contribution is 2.34. The van der Waals surface area contributed by atoms with Gasteiger partial charge in [-0.2, -0.15) is 0 Å². The van der Waals surface area contributed by atoms with Crippen molar-refractivity contribution in [2.75, 3.05) is 0 Å². The molecule has 0 atom stereocenters. The van der Waals surface area contributed by atoms with Crippen molar-refractivity contribution in [2.45, 2.75) is 10.6 Å². The van der Waals surface area contributed by atoms with Crippen LogP contribution in [0.15, 0.2) is 58.5 Å². The van der Waals surface area contributed by atoms with Gasteiger partial charge in [-0.05, 0) is 17.7 Å². The van der Waals surface area contributed by atoms with Crippen molar-refractivity contribution in [3.8, 4) is 0 Å². The van der Waals surface area contributed by atoms with Crippen LogP contribution in [0.5, 0.6) is 0 Å². The Morgan fingerprint density at radius 2 is 1.95 bits per heavy atom. The van der Waals surface area contributed by atoms with E-state index in [1.807, 2.05) is 18.2 Å². The largest absolute Gasteiger partial charge is 0.302 e. The molecule has 0 amide bonds. The number of halogens is 1. The van der Waals surface area contributed by atoms with Crippen LogP contribution in [0.1, 0.15) is 5.56 Å². The van der Waals surface area contributed by atoms with Crippen LogP contribution in [0.3, 0.4) is 0 Å². The summed E-state index contributed by atoms with van der Waals surface area (Å²) < 4.78 is 1.48. The first-order valence-corrected chi connectivity index (χ1v) is 7.84. The normalized spacial score (nSPS) is 11.0. The van der Waals surface area contributed by atoms with Gasteiger partial charge in [-0.1, -0.05) is 41.9 Å². The van der Waals surface area contributed by atoms with Crippen LogP contribution in [0.2, 0.25) is 5.02 Å². The van der Waals surface area contributed by atoms with Crippen LogP contribution in [0.4, 0.5) is 0 Å². The molecule has 2 aromatic carbocycles. The van der Waals surface area contributed by atoms with Gasteiger partial charge in [0.15, 0.2) is 0 Å². The van der Waals surface area contributed by atoms with Gasteiger partial charge in [0.05, 0.1) is 22.3 Å². The SMILES string of the molecule is Cn1cnc2ccc(Cl)c(SCc3ccccc3)c2c1=O. The van der Waals surface area contributed by atoms with Crippen molar-refractivity contribution >= 4 is 34.3 Å². The molecule has 0 fully saturated rings. The Labute approximate surface area is 131 Å². The van der Waals surface area contributed by atoms with E-state index in [0.29, 0.717) is 15.9 Å². The molecule has 3 aromatic rings. The fourth-order valence-electron chi connectivity index (χ4n) is 2.11. The Morgan fingerprint density at radius 3 is 2.71 bits per heavy atom.